The zero-order valence-electron chi connectivity index (χ0n) is 8.34. The van der Waals surface area contributed by atoms with Gasteiger partial charge < -0.3 is 5.11 Å². The Kier molecular flexibility index (Phi) is 4.18. The van der Waals surface area contributed by atoms with E-state index in [0.717, 1.165) is 0 Å². The molecule has 0 aliphatic rings. The number of aliphatic hydroxyl groups excluding tert-OH is 1. The number of hydrogen-bond acceptors (Lipinski definition) is 4. The third-order valence-corrected chi connectivity index (χ3v) is 1.76. The predicted molar refractivity (Wildman–Crippen MR) is 57.1 cm³/mol. The predicted octanol–water partition coefficient (Wildman–Crippen LogP) is 1.14. The Bertz CT molecular complexity index is 471. The summed E-state index contributed by atoms with van der Waals surface area (Å²) in [7, 11) is 0. The monoisotopic (exact) mass is 219 g/mol. The van der Waals surface area contributed by atoms with E-state index in [1.165, 1.54) is 18.2 Å². The largest absolute Gasteiger partial charge is 0.395 e. The zero-order chi connectivity index (χ0) is 12.0. The highest BCUT2D eigenvalue weighted by atomic mass is 16.6. The molecule has 1 aromatic rings. The SMILES string of the molecule is O=Cc1cc(C#CCCO)cc([N+](=O)[O-])c1. The highest BCUT2D eigenvalue weighted by Crippen LogP contribution is 2.15. The van der Waals surface area contributed by atoms with E-state index in [1.54, 1.807) is 0 Å². The first kappa shape index (κ1) is 11.9. The molecule has 0 bridgehead atoms. The quantitative estimate of drug-likeness (QED) is 0.358. The van der Waals surface area contributed by atoms with Crippen molar-refractivity contribution in [2.45, 2.75) is 6.42 Å². The van der Waals surface area contributed by atoms with Crippen LogP contribution in [0.3, 0.4) is 0 Å². The maximum absolute atomic E-state index is 10.6. The van der Waals surface area contributed by atoms with E-state index in [2.05, 4.69) is 11.8 Å². The van der Waals surface area contributed by atoms with Crippen molar-refractivity contribution in [2.75, 3.05) is 6.61 Å². The highest BCUT2D eigenvalue weighted by Gasteiger charge is 2.08. The van der Waals surface area contributed by atoms with Crippen LogP contribution in [0.25, 0.3) is 0 Å². The van der Waals surface area contributed by atoms with Crippen LogP contribution in [0.1, 0.15) is 22.3 Å². The first-order valence-electron chi connectivity index (χ1n) is 4.51. The van der Waals surface area contributed by atoms with E-state index in [-0.39, 0.29) is 17.9 Å². The van der Waals surface area contributed by atoms with Gasteiger partial charge in [0.15, 0.2) is 0 Å². The molecule has 5 heteroatoms. The van der Waals surface area contributed by atoms with Crippen molar-refractivity contribution in [3.8, 4) is 11.8 Å². The first-order valence-corrected chi connectivity index (χ1v) is 4.51. The summed E-state index contributed by atoms with van der Waals surface area (Å²) in [5.74, 6) is 5.27. The Morgan fingerprint density at radius 3 is 2.75 bits per heavy atom. The van der Waals surface area contributed by atoms with Gasteiger partial charge in [-0.2, -0.15) is 0 Å². The maximum Gasteiger partial charge on any atom is 0.271 e. The number of nitro benzene ring substituents is 1. The molecule has 0 atom stereocenters. The molecule has 0 aliphatic carbocycles. The summed E-state index contributed by atoms with van der Waals surface area (Å²) in [4.78, 5) is 20.5. The molecular weight excluding hydrogens is 210 g/mol. The van der Waals surface area contributed by atoms with Crippen molar-refractivity contribution in [2.24, 2.45) is 0 Å². The molecule has 0 saturated heterocycles. The van der Waals surface area contributed by atoms with E-state index < -0.39 is 4.92 Å². The molecule has 0 radical (unpaired) electrons. The minimum absolute atomic E-state index is 0.0670. The zero-order valence-corrected chi connectivity index (χ0v) is 8.34. The smallest absolute Gasteiger partial charge is 0.271 e. The van der Waals surface area contributed by atoms with Gasteiger partial charge in [0.25, 0.3) is 5.69 Å². The standard InChI is InChI=1S/C11H9NO4/c13-4-2-1-3-9-5-10(8-14)7-11(6-9)12(15)16/h5-8,13H,2,4H2. The number of nitrogens with zero attached hydrogens (tertiary/aromatic N) is 1. The number of hydrogen-bond donors (Lipinski definition) is 1. The van der Waals surface area contributed by atoms with Gasteiger partial charge in [-0.1, -0.05) is 11.8 Å². The van der Waals surface area contributed by atoms with Crippen molar-refractivity contribution in [3.05, 3.63) is 39.4 Å². The summed E-state index contributed by atoms with van der Waals surface area (Å²) in [5.41, 5.74) is 0.435. The second-order valence-electron chi connectivity index (χ2n) is 2.96. The van der Waals surface area contributed by atoms with Crippen LogP contribution in [-0.4, -0.2) is 22.9 Å². The minimum Gasteiger partial charge on any atom is -0.395 e. The molecule has 1 N–H and O–H groups in total. The first-order chi connectivity index (χ1) is 7.67. The fourth-order valence-electron chi connectivity index (χ4n) is 1.10. The van der Waals surface area contributed by atoms with Crippen LogP contribution in [0.15, 0.2) is 18.2 Å². The summed E-state index contributed by atoms with van der Waals surface area (Å²) in [5, 5.41) is 19.1. The average molecular weight is 219 g/mol. The molecule has 0 heterocycles. The Morgan fingerprint density at radius 1 is 1.44 bits per heavy atom. The molecule has 82 valence electrons. The second kappa shape index (κ2) is 5.63. The average Bonchev–Trinajstić information content (AvgIpc) is 2.29. The molecule has 0 amide bonds. The van der Waals surface area contributed by atoms with Crippen LogP contribution in [-0.2, 0) is 0 Å². The van der Waals surface area contributed by atoms with E-state index in [9.17, 15) is 14.9 Å². The van der Waals surface area contributed by atoms with Gasteiger partial charge in [0.2, 0.25) is 0 Å². The van der Waals surface area contributed by atoms with Gasteiger partial charge in [-0.3, -0.25) is 14.9 Å². The van der Waals surface area contributed by atoms with Crippen LogP contribution >= 0.6 is 0 Å². The Labute approximate surface area is 91.9 Å². The van der Waals surface area contributed by atoms with Gasteiger partial charge in [0, 0.05) is 29.7 Å². The molecule has 0 fully saturated rings. The van der Waals surface area contributed by atoms with Gasteiger partial charge in [-0.15, -0.1) is 0 Å². The van der Waals surface area contributed by atoms with Crippen LogP contribution in [0.5, 0.6) is 0 Å². The molecule has 0 unspecified atom stereocenters. The van der Waals surface area contributed by atoms with E-state index in [1.807, 2.05) is 0 Å². The van der Waals surface area contributed by atoms with Crippen LogP contribution in [0, 0.1) is 22.0 Å². The summed E-state index contributed by atoms with van der Waals surface area (Å²) in [6, 6.07) is 3.94. The molecule has 0 spiro atoms. The molecule has 0 saturated carbocycles. The lowest BCUT2D eigenvalue weighted by molar-refractivity contribution is -0.384. The fourth-order valence-corrected chi connectivity index (χ4v) is 1.10. The summed E-state index contributed by atoms with van der Waals surface area (Å²) < 4.78 is 0. The molecule has 1 aromatic carbocycles. The fraction of sp³-hybridized carbons (Fsp3) is 0.182. The molecule has 5 nitrogen and oxygen atoms in total. The third kappa shape index (κ3) is 3.19. The molecule has 16 heavy (non-hydrogen) atoms. The van der Waals surface area contributed by atoms with Crippen LogP contribution in [0.4, 0.5) is 5.69 Å². The van der Waals surface area contributed by atoms with E-state index in [0.29, 0.717) is 18.3 Å². The maximum atomic E-state index is 10.6. The van der Waals surface area contributed by atoms with Crippen molar-refractivity contribution in [1.29, 1.82) is 0 Å². The lowest BCUT2D eigenvalue weighted by Gasteiger charge is -1.95. The molecular formula is C11H9NO4. The molecule has 0 aliphatic heterocycles. The van der Waals surface area contributed by atoms with Gasteiger partial charge in [0.05, 0.1) is 11.5 Å². The number of benzene rings is 1. The van der Waals surface area contributed by atoms with Crippen LogP contribution < -0.4 is 0 Å². The van der Waals surface area contributed by atoms with Gasteiger partial charge in [-0.05, 0) is 6.07 Å². The number of carbonyl (C=O) groups excluding carboxylic acids is 1. The van der Waals surface area contributed by atoms with E-state index in [4.69, 9.17) is 5.11 Å². The highest BCUT2D eigenvalue weighted by molar-refractivity contribution is 5.77. The van der Waals surface area contributed by atoms with E-state index >= 15 is 0 Å². The second-order valence-corrected chi connectivity index (χ2v) is 2.96. The van der Waals surface area contributed by atoms with Crippen molar-refractivity contribution >= 4 is 12.0 Å². The number of rotatable bonds is 3. The topological polar surface area (TPSA) is 80.4 Å². The Morgan fingerprint density at radius 2 is 2.19 bits per heavy atom. The lowest BCUT2D eigenvalue weighted by atomic mass is 10.1. The van der Waals surface area contributed by atoms with Gasteiger partial charge >= 0.3 is 0 Å². The van der Waals surface area contributed by atoms with Crippen molar-refractivity contribution in [3.63, 3.8) is 0 Å². The summed E-state index contributed by atoms with van der Waals surface area (Å²) in [6.45, 7) is -0.0670. The molecule has 0 aromatic heterocycles. The number of carbonyl (C=O) groups is 1. The van der Waals surface area contributed by atoms with Crippen LogP contribution in [0.2, 0.25) is 0 Å². The summed E-state index contributed by atoms with van der Waals surface area (Å²) >= 11 is 0. The summed E-state index contributed by atoms with van der Waals surface area (Å²) in [6.07, 6.45) is 0.823. The Balaban J connectivity index is 3.10. The minimum atomic E-state index is -0.579. The Hall–Kier alpha value is -2.19. The third-order valence-electron chi connectivity index (χ3n) is 1.76. The molecule has 1 rings (SSSR count). The number of aliphatic hydroxyl groups is 1. The normalized spacial score (nSPS) is 9.06. The van der Waals surface area contributed by atoms with Crippen molar-refractivity contribution in [1.82, 2.24) is 0 Å². The number of non-ortho nitro benzene ring substituents is 1. The van der Waals surface area contributed by atoms with Crippen molar-refractivity contribution < 1.29 is 14.8 Å². The lowest BCUT2D eigenvalue weighted by Crippen LogP contribution is -1.92. The number of aldehydes is 1. The van der Waals surface area contributed by atoms with Gasteiger partial charge in [0.1, 0.15) is 6.29 Å². The van der Waals surface area contributed by atoms with Gasteiger partial charge in [-0.25, -0.2) is 0 Å². The number of nitro groups is 1.